The van der Waals surface area contributed by atoms with Gasteiger partial charge in [0.1, 0.15) is 5.76 Å². The summed E-state index contributed by atoms with van der Waals surface area (Å²) in [6.07, 6.45) is 3.11. The average molecular weight is 321 g/mol. The minimum absolute atomic E-state index is 0.0496. The second-order valence-corrected chi connectivity index (χ2v) is 5.63. The number of para-hydroxylation sites is 1. The number of hydrogen-bond donors (Lipinski definition) is 0. The molecule has 24 heavy (non-hydrogen) atoms. The smallest absolute Gasteiger partial charge is 0.343 e. The van der Waals surface area contributed by atoms with Crippen LogP contribution in [0.25, 0.3) is 11.8 Å². The Morgan fingerprint density at radius 3 is 2.62 bits per heavy atom. The summed E-state index contributed by atoms with van der Waals surface area (Å²) in [4.78, 5) is 22.7. The predicted octanol–water partition coefficient (Wildman–Crippen LogP) is 4.19. The maximum Gasteiger partial charge on any atom is 0.343 e. The van der Waals surface area contributed by atoms with E-state index in [0.717, 1.165) is 16.7 Å². The fraction of sp³-hybridized carbons (Fsp3) is 0.105. The molecule has 0 bridgehead atoms. The topological polar surface area (TPSA) is 69.4 Å². The van der Waals surface area contributed by atoms with Crippen molar-refractivity contribution in [3.05, 3.63) is 86.5 Å². The molecule has 0 fully saturated rings. The molecule has 0 unspecified atom stereocenters. The molecule has 2 aromatic rings. The third-order valence-electron chi connectivity index (χ3n) is 3.83. The van der Waals surface area contributed by atoms with Gasteiger partial charge in [-0.25, -0.2) is 4.79 Å². The molecule has 0 aliphatic carbocycles. The van der Waals surface area contributed by atoms with E-state index >= 15 is 0 Å². The summed E-state index contributed by atoms with van der Waals surface area (Å²) in [5.41, 5.74) is 3.50. The van der Waals surface area contributed by atoms with Crippen molar-refractivity contribution in [3.8, 4) is 0 Å². The van der Waals surface area contributed by atoms with E-state index in [1.165, 1.54) is 12.1 Å². The van der Waals surface area contributed by atoms with Crippen molar-refractivity contribution in [2.75, 3.05) is 0 Å². The first-order valence-electron chi connectivity index (χ1n) is 7.42. The summed E-state index contributed by atoms with van der Waals surface area (Å²) in [7, 11) is 0. The molecule has 1 heterocycles. The Bertz CT molecular complexity index is 909. The molecule has 0 spiro atoms. The van der Waals surface area contributed by atoms with Gasteiger partial charge >= 0.3 is 5.97 Å². The minimum atomic E-state index is -0.510. The van der Waals surface area contributed by atoms with E-state index in [-0.39, 0.29) is 5.69 Å². The fourth-order valence-corrected chi connectivity index (χ4v) is 2.57. The molecule has 0 radical (unpaired) electrons. The largest absolute Gasteiger partial charge is 0.422 e. The van der Waals surface area contributed by atoms with Crippen molar-refractivity contribution in [2.45, 2.75) is 13.8 Å². The summed E-state index contributed by atoms with van der Waals surface area (Å²) < 4.78 is 5.35. The number of carbonyl (C=O) groups excluding carboxylic acids is 1. The second kappa shape index (κ2) is 6.12. The van der Waals surface area contributed by atoms with Gasteiger partial charge < -0.3 is 4.74 Å². The van der Waals surface area contributed by atoms with Crippen LogP contribution >= 0.6 is 0 Å². The van der Waals surface area contributed by atoms with Gasteiger partial charge in [-0.15, -0.1) is 0 Å². The van der Waals surface area contributed by atoms with Gasteiger partial charge in [-0.3, -0.25) is 10.1 Å². The van der Waals surface area contributed by atoms with Crippen LogP contribution in [0.5, 0.6) is 0 Å². The summed E-state index contributed by atoms with van der Waals surface area (Å²) in [6, 6.07) is 12.2. The van der Waals surface area contributed by atoms with Crippen LogP contribution in [-0.2, 0) is 9.53 Å². The number of esters is 1. The van der Waals surface area contributed by atoms with Gasteiger partial charge in [0, 0.05) is 11.6 Å². The first-order chi connectivity index (χ1) is 11.5. The summed E-state index contributed by atoms with van der Waals surface area (Å²) in [5, 5.41) is 11.1. The summed E-state index contributed by atoms with van der Waals surface area (Å²) >= 11 is 0. The van der Waals surface area contributed by atoms with E-state index in [2.05, 4.69) is 0 Å². The predicted molar refractivity (Wildman–Crippen MR) is 91.1 cm³/mol. The lowest BCUT2D eigenvalue weighted by molar-refractivity contribution is -0.385. The molecular weight excluding hydrogens is 306 g/mol. The number of hydrogen-bond acceptors (Lipinski definition) is 4. The van der Waals surface area contributed by atoms with Crippen molar-refractivity contribution < 1.29 is 14.5 Å². The zero-order valence-electron chi connectivity index (χ0n) is 13.3. The fourth-order valence-electron chi connectivity index (χ4n) is 2.57. The van der Waals surface area contributed by atoms with Crippen LogP contribution in [0.4, 0.5) is 5.69 Å². The summed E-state index contributed by atoms with van der Waals surface area (Å²) in [5.74, 6) is -0.0462. The number of rotatable bonds is 3. The van der Waals surface area contributed by atoms with E-state index in [4.69, 9.17) is 4.74 Å². The van der Waals surface area contributed by atoms with Crippen LogP contribution in [0.1, 0.15) is 22.3 Å². The van der Waals surface area contributed by atoms with Crippen LogP contribution in [0, 0.1) is 24.0 Å². The molecule has 0 saturated heterocycles. The van der Waals surface area contributed by atoms with Crippen molar-refractivity contribution in [2.24, 2.45) is 0 Å². The van der Waals surface area contributed by atoms with E-state index in [1.54, 1.807) is 24.3 Å². The molecule has 3 rings (SSSR count). The highest BCUT2D eigenvalue weighted by atomic mass is 16.6. The van der Waals surface area contributed by atoms with E-state index < -0.39 is 10.9 Å². The molecule has 0 saturated carbocycles. The average Bonchev–Trinajstić information content (AvgIpc) is 2.91. The van der Waals surface area contributed by atoms with Crippen LogP contribution in [0.2, 0.25) is 0 Å². The third kappa shape index (κ3) is 2.96. The van der Waals surface area contributed by atoms with Gasteiger partial charge in [0.15, 0.2) is 0 Å². The van der Waals surface area contributed by atoms with Gasteiger partial charge in [-0.2, -0.15) is 0 Å². The van der Waals surface area contributed by atoms with Crippen LogP contribution in [0.15, 0.2) is 54.1 Å². The van der Waals surface area contributed by atoms with Crippen LogP contribution in [-0.4, -0.2) is 10.9 Å². The Kier molecular flexibility index (Phi) is 4.00. The number of nitro benzene ring substituents is 1. The van der Waals surface area contributed by atoms with Crippen molar-refractivity contribution in [3.63, 3.8) is 0 Å². The lowest BCUT2D eigenvalue weighted by Gasteiger charge is -2.06. The molecule has 0 N–H and O–H groups in total. The Hall–Kier alpha value is -3.21. The molecule has 120 valence electrons. The maximum absolute atomic E-state index is 12.1. The van der Waals surface area contributed by atoms with Gasteiger partial charge in [0.05, 0.1) is 16.1 Å². The highest BCUT2D eigenvalue weighted by Crippen LogP contribution is 2.31. The van der Waals surface area contributed by atoms with Crippen LogP contribution in [0.3, 0.4) is 0 Å². The van der Waals surface area contributed by atoms with E-state index in [9.17, 15) is 14.9 Å². The molecule has 0 amide bonds. The molecule has 1 aliphatic rings. The number of ether oxygens (including phenoxy) is 1. The lowest BCUT2D eigenvalue weighted by atomic mass is 10.0. The van der Waals surface area contributed by atoms with Gasteiger partial charge in [-0.05, 0) is 43.7 Å². The highest BCUT2D eigenvalue weighted by Gasteiger charge is 2.24. The first-order valence-corrected chi connectivity index (χ1v) is 7.42. The van der Waals surface area contributed by atoms with Crippen LogP contribution < -0.4 is 0 Å². The number of nitrogens with zero attached hydrogens (tertiary/aromatic N) is 1. The molecular formula is C19H15NO4. The van der Waals surface area contributed by atoms with Crippen molar-refractivity contribution in [1.29, 1.82) is 0 Å². The zero-order chi connectivity index (χ0) is 17.3. The minimum Gasteiger partial charge on any atom is -0.422 e. The Balaban J connectivity index is 2.04. The Morgan fingerprint density at radius 1 is 1.12 bits per heavy atom. The number of nitro groups is 1. The first kappa shape index (κ1) is 15.7. The number of carbonyl (C=O) groups is 1. The zero-order valence-corrected chi connectivity index (χ0v) is 13.3. The standard InChI is InChI=1S/C19H15NO4/c1-12-7-8-13(2)16(9-12)18-11-15(19(21)24-18)10-14-5-3-4-6-17(14)20(22)23/h3-11H,1-2H3/b15-10+. The number of aryl methyl sites for hydroxylation is 2. The van der Waals surface area contributed by atoms with Crippen molar-refractivity contribution in [1.82, 2.24) is 0 Å². The third-order valence-corrected chi connectivity index (χ3v) is 3.83. The maximum atomic E-state index is 12.1. The Labute approximate surface area is 139 Å². The van der Waals surface area contributed by atoms with Gasteiger partial charge in [0.25, 0.3) is 5.69 Å². The highest BCUT2D eigenvalue weighted by molar-refractivity contribution is 6.05. The normalized spacial score (nSPS) is 15.3. The SMILES string of the molecule is Cc1ccc(C)c(C2=C/C(=C\c3ccccc3[N+](=O)[O-])C(=O)O2)c1. The molecule has 5 nitrogen and oxygen atoms in total. The van der Waals surface area contributed by atoms with E-state index in [0.29, 0.717) is 16.9 Å². The van der Waals surface area contributed by atoms with E-state index in [1.807, 2.05) is 32.0 Å². The monoisotopic (exact) mass is 321 g/mol. The number of benzene rings is 2. The molecule has 0 atom stereocenters. The molecule has 2 aromatic carbocycles. The molecule has 5 heteroatoms. The van der Waals surface area contributed by atoms with Gasteiger partial charge in [0.2, 0.25) is 0 Å². The Morgan fingerprint density at radius 2 is 1.88 bits per heavy atom. The number of cyclic esters (lactones) is 1. The quantitative estimate of drug-likeness (QED) is 0.368. The van der Waals surface area contributed by atoms with Crippen molar-refractivity contribution >= 4 is 23.5 Å². The molecule has 0 aromatic heterocycles. The molecule has 1 aliphatic heterocycles. The lowest BCUT2D eigenvalue weighted by Crippen LogP contribution is -1.99. The summed E-state index contributed by atoms with van der Waals surface area (Å²) in [6.45, 7) is 3.90. The second-order valence-electron chi connectivity index (χ2n) is 5.63. The van der Waals surface area contributed by atoms with Gasteiger partial charge in [-0.1, -0.05) is 29.8 Å².